The van der Waals surface area contributed by atoms with Gasteiger partial charge in [-0.25, -0.2) is 14.4 Å². The van der Waals surface area contributed by atoms with Gasteiger partial charge >= 0.3 is 29.8 Å². The molecule has 0 aliphatic carbocycles. The van der Waals surface area contributed by atoms with Crippen LogP contribution in [0.5, 0.6) is 0 Å². The molecule has 0 radical (unpaired) electrons. The Morgan fingerprint density at radius 3 is 2.14 bits per heavy atom. The molecule has 2 heterocycles. The number of hydrogen-bond donors (Lipinski definition) is 5. The standard InChI is InChI=1S/C30H36O14/c1-15(2)13-20(32)42-23-22(33)28(43-24(25(34)35)29(40,26(36)37)30(23,44-28)27(38)39)12-11-16(3)21(41-18(5)31)17(4)14-19-9-7-6-8-10-19/h6-10,17,21-24,33,40H,1,3,11-14H2,2,4-5H3,(H,34,35)(H,36,37)(H,38,39)/t17?,21?,22-,23-,24-,28-,29-,30-/m1/s1. The van der Waals surface area contributed by atoms with Gasteiger partial charge in [0.25, 0.3) is 0 Å². The smallest absolute Gasteiger partial charge is 0.344 e. The number of aliphatic hydroxyl groups excluding tert-OH is 1. The minimum atomic E-state index is -3.89. The number of aliphatic hydroxyl groups is 2. The summed E-state index contributed by atoms with van der Waals surface area (Å²) in [7, 11) is 0. The maximum Gasteiger partial charge on any atom is 0.344 e. The molecule has 240 valence electrons. The molecule has 2 fully saturated rings. The molecule has 2 unspecified atom stereocenters. The first kappa shape index (κ1) is 34.4. The van der Waals surface area contributed by atoms with Gasteiger partial charge in [0.05, 0.1) is 6.42 Å². The number of hydrogen-bond acceptors (Lipinski definition) is 11. The fraction of sp³-hybridized carbons (Fsp3) is 0.500. The molecule has 1 aromatic carbocycles. The van der Waals surface area contributed by atoms with Crippen LogP contribution in [0, 0.1) is 5.92 Å². The molecule has 44 heavy (non-hydrogen) atoms. The van der Waals surface area contributed by atoms with Crippen molar-refractivity contribution in [2.24, 2.45) is 5.92 Å². The number of fused-ring (bicyclic) bond motifs is 2. The molecule has 0 saturated carbocycles. The second-order valence-electron chi connectivity index (χ2n) is 11.2. The van der Waals surface area contributed by atoms with Crippen LogP contribution in [0.1, 0.15) is 45.6 Å². The zero-order valence-electron chi connectivity index (χ0n) is 24.4. The van der Waals surface area contributed by atoms with Crippen LogP contribution in [-0.4, -0.2) is 96.8 Å². The summed E-state index contributed by atoms with van der Waals surface area (Å²) in [6.45, 7) is 11.9. The zero-order chi connectivity index (χ0) is 33.2. The molecular formula is C30H36O14. The van der Waals surface area contributed by atoms with Gasteiger partial charge in [0.15, 0.2) is 6.10 Å². The Balaban J connectivity index is 2.04. The molecule has 0 amide bonds. The van der Waals surface area contributed by atoms with Crippen molar-refractivity contribution in [2.75, 3.05) is 0 Å². The van der Waals surface area contributed by atoms with E-state index in [1.807, 2.05) is 30.3 Å². The van der Waals surface area contributed by atoms with Crippen molar-refractivity contribution in [3.05, 3.63) is 60.2 Å². The van der Waals surface area contributed by atoms with E-state index in [2.05, 4.69) is 13.2 Å². The molecule has 2 saturated heterocycles. The number of benzene rings is 1. The third kappa shape index (κ3) is 6.11. The van der Waals surface area contributed by atoms with Crippen LogP contribution < -0.4 is 0 Å². The van der Waals surface area contributed by atoms with Crippen molar-refractivity contribution >= 4 is 29.8 Å². The summed E-state index contributed by atoms with van der Waals surface area (Å²) < 4.78 is 21.7. The van der Waals surface area contributed by atoms with Gasteiger partial charge in [-0.3, -0.25) is 9.59 Å². The van der Waals surface area contributed by atoms with Gasteiger partial charge in [-0.2, -0.15) is 0 Å². The second kappa shape index (κ2) is 12.9. The molecule has 0 spiro atoms. The molecule has 2 aliphatic rings. The highest BCUT2D eigenvalue weighted by molar-refractivity contribution is 5.98. The SMILES string of the molecule is C=C(C)CC(=O)O[C@@H]1[C@@H](O)[C@]2(CCC(=C)C(OC(C)=O)C(C)Cc3ccccc3)O[C@H](C(=O)O)[C@@](O)(C(=O)O)[C@@]1(C(=O)O)O2. The predicted molar refractivity (Wildman–Crippen MR) is 148 cm³/mol. The Hall–Kier alpha value is -4.11. The number of carbonyl (C=O) groups is 5. The third-order valence-corrected chi connectivity index (χ3v) is 7.71. The van der Waals surface area contributed by atoms with Crippen LogP contribution in [0.2, 0.25) is 0 Å². The van der Waals surface area contributed by atoms with Gasteiger partial charge in [-0.1, -0.05) is 56.0 Å². The number of carboxylic acid groups (broad SMARTS) is 3. The van der Waals surface area contributed by atoms with Crippen molar-refractivity contribution < 1.29 is 68.5 Å². The zero-order valence-corrected chi connectivity index (χ0v) is 24.4. The summed E-state index contributed by atoms with van der Waals surface area (Å²) in [6.07, 6.45) is -9.34. The fourth-order valence-electron chi connectivity index (χ4n) is 5.73. The third-order valence-electron chi connectivity index (χ3n) is 7.71. The van der Waals surface area contributed by atoms with Crippen LogP contribution in [0.15, 0.2) is 54.6 Å². The maximum atomic E-state index is 12.8. The molecule has 14 nitrogen and oxygen atoms in total. The normalized spacial score (nSPS) is 30.4. The Morgan fingerprint density at radius 1 is 1.02 bits per heavy atom. The van der Waals surface area contributed by atoms with Gasteiger partial charge in [0.1, 0.15) is 12.2 Å². The lowest BCUT2D eigenvalue weighted by Gasteiger charge is -2.48. The van der Waals surface area contributed by atoms with Gasteiger partial charge < -0.3 is 44.5 Å². The van der Waals surface area contributed by atoms with E-state index in [9.17, 15) is 49.5 Å². The maximum absolute atomic E-state index is 12.8. The average Bonchev–Trinajstić information content (AvgIpc) is 3.14. The number of rotatable bonds is 14. The van der Waals surface area contributed by atoms with Crippen LogP contribution in [0.4, 0.5) is 0 Å². The second-order valence-corrected chi connectivity index (χ2v) is 11.2. The van der Waals surface area contributed by atoms with E-state index < -0.39 is 84.1 Å². The highest BCUT2D eigenvalue weighted by Gasteiger charge is 2.85. The minimum absolute atomic E-state index is 0.242. The first-order chi connectivity index (χ1) is 20.4. The van der Waals surface area contributed by atoms with E-state index in [1.165, 1.54) is 13.8 Å². The lowest BCUT2D eigenvalue weighted by Crippen LogP contribution is -2.78. The summed E-state index contributed by atoms with van der Waals surface area (Å²) in [6, 6.07) is 9.25. The summed E-state index contributed by atoms with van der Waals surface area (Å²) in [4.78, 5) is 61.9. The number of esters is 2. The predicted octanol–water partition coefficient (Wildman–Crippen LogP) is 1.22. The summed E-state index contributed by atoms with van der Waals surface area (Å²) in [5.74, 6) is -11.5. The first-order valence-electron chi connectivity index (χ1n) is 13.6. The molecule has 8 atom stereocenters. The van der Waals surface area contributed by atoms with Gasteiger partial charge in [0, 0.05) is 19.3 Å². The van der Waals surface area contributed by atoms with Gasteiger partial charge in [-0.05, 0) is 30.9 Å². The fourth-order valence-corrected chi connectivity index (χ4v) is 5.73. The number of carbonyl (C=O) groups excluding carboxylic acids is 2. The number of aliphatic carboxylic acids is 3. The Morgan fingerprint density at radius 2 is 1.64 bits per heavy atom. The lowest BCUT2D eigenvalue weighted by molar-refractivity contribution is -0.374. The summed E-state index contributed by atoms with van der Waals surface area (Å²) >= 11 is 0. The Labute approximate surface area is 252 Å². The van der Waals surface area contributed by atoms with E-state index >= 15 is 0 Å². The van der Waals surface area contributed by atoms with Crippen LogP contribution >= 0.6 is 0 Å². The average molecular weight is 621 g/mol. The molecule has 2 bridgehead atoms. The van der Waals surface area contributed by atoms with Crippen molar-refractivity contribution in [3.63, 3.8) is 0 Å². The molecule has 14 heteroatoms. The largest absolute Gasteiger partial charge is 0.479 e. The Kier molecular flexibility index (Phi) is 10.0. The van der Waals surface area contributed by atoms with Crippen LogP contribution in [0.25, 0.3) is 0 Å². The first-order valence-corrected chi connectivity index (χ1v) is 13.6. The molecule has 5 N–H and O–H groups in total. The van der Waals surface area contributed by atoms with Crippen LogP contribution in [-0.2, 0) is 49.3 Å². The van der Waals surface area contributed by atoms with E-state index in [4.69, 9.17) is 18.9 Å². The molecule has 3 rings (SSSR count). The van der Waals surface area contributed by atoms with Crippen molar-refractivity contribution in [1.82, 2.24) is 0 Å². The van der Waals surface area contributed by atoms with E-state index in [0.717, 1.165) is 5.56 Å². The van der Waals surface area contributed by atoms with Crippen molar-refractivity contribution in [3.8, 4) is 0 Å². The summed E-state index contributed by atoms with van der Waals surface area (Å²) in [5.41, 5.74) is -6.00. The quantitative estimate of drug-likeness (QED) is 0.146. The van der Waals surface area contributed by atoms with Crippen molar-refractivity contribution in [1.29, 1.82) is 0 Å². The lowest BCUT2D eigenvalue weighted by atomic mass is 9.74. The molecular weight excluding hydrogens is 584 g/mol. The monoisotopic (exact) mass is 620 g/mol. The van der Waals surface area contributed by atoms with E-state index in [-0.39, 0.29) is 23.5 Å². The molecule has 1 aromatic rings. The minimum Gasteiger partial charge on any atom is -0.479 e. The topological polar surface area (TPSA) is 223 Å². The summed E-state index contributed by atoms with van der Waals surface area (Å²) in [5, 5.41) is 52.7. The van der Waals surface area contributed by atoms with Gasteiger partial charge in [0.2, 0.25) is 23.1 Å². The number of ether oxygens (including phenoxy) is 4. The molecule has 2 aliphatic heterocycles. The van der Waals surface area contributed by atoms with Gasteiger partial charge in [-0.15, -0.1) is 0 Å². The Bertz CT molecular complexity index is 1340. The number of carboxylic acids is 3. The van der Waals surface area contributed by atoms with Crippen molar-refractivity contribution in [2.45, 2.75) is 87.9 Å². The van der Waals surface area contributed by atoms with E-state index in [1.54, 1.807) is 6.92 Å². The molecule has 0 aromatic heterocycles. The highest BCUT2D eigenvalue weighted by Crippen LogP contribution is 2.56. The van der Waals surface area contributed by atoms with Crippen LogP contribution in [0.3, 0.4) is 0 Å². The highest BCUT2D eigenvalue weighted by atomic mass is 16.8. The van der Waals surface area contributed by atoms with E-state index in [0.29, 0.717) is 6.42 Å².